The number of benzene rings is 1. The molecule has 0 bridgehead atoms. The van der Waals surface area contributed by atoms with Crippen LogP contribution in [-0.4, -0.2) is 27.8 Å². The normalized spacial score (nSPS) is 11.1. The highest BCUT2D eigenvalue weighted by Crippen LogP contribution is 2.31. The lowest BCUT2D eigenvalue weighted by Gasteiger charge is -2.18. The van der Waals surface area contributed by atoms with Crippen molar-refractivity contribution in [1.82, 2.24) is 4.98 Å². The topological polar surface area (TPSA) is 88.5 Å². The summed E-state index contributed by atoms with van der Waals surface area (Å²) in [4.78, 5) is 27.8. The predicted molar refractivity (Wildman–Crippen MR) is 88.7 cm³/mol. The average Bonchev–Trinajstić information content (AvgIpc) is 2.79. The van der Waals surface area contributed by atoms with Gasteiger partial charge in [0, 0.05) is 10.4 Å². The monoisotopic (exact) mass is 334 g/mol. The maximum atomic E-state index is 11.8. The lowest BCUT2D eigenvalue weighted by molar-refractivity contribution is -0.136. The maximum absolute atomic E-state index is 11.8. The lowest BCUT2D eigenvalue weighted by atomic mass is 10.1. The van der Waals surface area contributed by atoms with E-state index in [4.69, 9.17) is 9.84 Å². The Balaban J connectivity index is 2.27. The van der Waals surface area contributed by atoms with Crippen LogP contribution in [0.25, 0.3) is 11.3 Å². The highest BCUT2D eigenvalue weighted by Gasteiger charge is 2.20. The number of carbonyl (C=O) groups excluding carboxylic acids is 1. The van der Waals surface area contributed by atoms with E-state index in [1.165, 1.54) is 0 Å². The van der Waals surface area contributed by atoms with Gasteiger partial charge in [0.2, 0.25) is 0 Å². The molecule has 2 rings (SSSR count). The molecule has 0 aliphatic rings. The number of thiazole rings is 1. The molecule has 0 aliphatic carbocycles. The first kappa shape index (κ1) is 17.0. The van der Waals surface area contributed by atoms with Crippen LogP contribution < -0.4 is 5.32 Å². The molecule has 0 saturated carbocycles. The Kier molecular flexibility index (Phi) is 5.00. The number of anilines is 1. The number of carboxylic acid groups (broad SMARTS) is 1. The molecule has 0 radical (unpaired) electrons. The smallest absolute Gasteiger partial charge is 0.413 e. The molecule has 0 fully saturated rings. The summed E-state index contributed by atoms with van der Waals surface area (Å²) in [7, 11) is 0. The summed E-state index contributed by atoms with van der Waals surface area (Å²) in [5.74, 6) is -0.949. The number of aliphatic carboxylic acids is 1. The minimum absolute atomic E-state index is 0.155. The molecule has 0 unspecified atom stereocenters. The van der Waals surface area contributed by atoms with E-state index in [1.54, 1.807) is 20.8 Å². The molecule has 0 saturated heterocycles. The molecule has 0 atom stereocenters. The second-order valence-corrected chi connectivity index (χ2v) is 6.94. The van der Waals surface area contributed by atoms with E-state index in [2.05, 4.69) is 10.3 Å². The first-order chi connectivity index (χ1) is 10.7. The van der Waals surface area contributed by atoms with Crippen molar-refractivity contribution in [2.24, 2.45) is 0 Å². The van der Waals surface area contributed by atoms with Crippen molar-refractivity contribution >= 4 is 28.5 Å². The van der Waals surface area contributed by atoms with Crippen LogP contribution in [0, 0.1) is 0 Å². The third kappa shape index (κ3) is 5.07. The van der Waals surface area contributed by atoms with Crippen LogP contribution in [0.5, 0.6) is 0 Å². The number of aromatic nitrogens is 1. The Hall–Kier alpha value is -2.41. The van der Waals surface area contributed by atoms with Gasteiger partial charge in [-0.25, -0.2) is 9.78 Å². The van der Waals surface area contributed by atoms with Gasteiger partial charge in [-0.1, -0.05) is 30.3 Å². The van der Waals surface area contributed by atoms with E-state index in [0.717, 1.165) is 16.9 Å². The third-order valence-electron chi connectivity index (χ3n) is 2.66. The Morgan fingerprint density at radius 3 is 2.48 bits per heavy atom. The summed E-state index contributed by atoms with van der Waals surface area (Å²) < 4.78 is 5.18. The summed E-state index contributed by atoms with van der Waals surface area (Å²) in [5, 5.41) is 11.9. The largest absolute Gasteiger partial charge is 0.481 e. The molecule has 1 heterocycles. The molecule has 2 N–H and O–H groups in total. The van der Waals surface area contributed by atoms with E-state index >= 15 is 0 Å². The highest BCUT2D eigenvalue weighted by atomic mass is 32.1. The molecule has 0 aliphatic heterocycles. The van der Waals surface area contributed by atoms with Gasteiger partial charge in [0.05, 0.1) is 12.1 Å². The van der Waals surface area contributed by atoms with Crippen molar-refractivity contribution in [1.29, 1.82) is 0 Å². The first-order valence-electron chi connectivity index (χ1n) is 7.01. The molecular formula is C16H18N2O4S. The van der Waals surface area contributed by atoms with Gasteiger partial charge < -0.3 is 9.84 Å². The Labute approximate surface area is 138 Å². The van der Waals surface area contributed by atoms with Crippen molar-refractivity contribution in [2.75, 3.05) is 5.32 Å². The minimum atomic E-state index is -0.949. The maximum Gasteiger partial charge on any atom is 0.413 e. The number of ether oxygens (including phenoxy) is 1. The van der Waals surface area contributed by atoms with Crippen molar-refractivity contribution < 1.29 is 19.4 Å². The SMILES string of the molecule is CC(C)(C)OC(=O)Nc1nc(-c2ccccc2)c(CC(=O)O)s1. The Morgan fingerprint density at radius 1 is 1.26 bits per heavy atom. The number of rotatable bonds is 4. The van der Waals surface area contributed by atoms with Gasteiger partial charge in [0.15, 0.2) is 5.13 Å². The number of amides is 1. The quantitative estimate of drug-likeness (QED) is 0.888. The van der Waals surface area contributed by atoms with Gasteiger partial charge in [-0.2, -0.15) is 0 Å². The van der Waals surface area contributed by atoms with Crippen LogP contribution in [-0.2, 0) is 16.0 Å². The fraction of sp³-hybridized carbons (Fsp3) is 0.312. The molecule has 23 heavy (non-hydrogen) atoms. The number of carbonyl (C=O) groups is 2. The summed E-state index contributed by atoms with van der Waals surface area (Å²) in [6.07, 6.45) is -0.773. The molecule has 7 heteroatoms. The molecule has 1 aromatic carbocycles. The molecule has 2 aromatic rings. The molecule has 0 spiro atoms. The van der Waals surface area contributed by atoms with Crippen LogP contribution in [0.2, 0.25) is 0 Å². The van der Waals surface area contributed by atoms with E-state index in [-0.39, 0.29) is 6.42 Å². The predicted octanol–water partition coefficient (Wildman–Crippen LogP) is 3.78. The highest BCUT2D eigenvalue weighted by molar-refractivity contribution is 7.16. The van der Waals surface area contributed by atoms with E-state index in [0.29, 0.717) is 15.7 Å². The van der Waals surface area contributed by atoms with Gasteiger partial charge in [0.25, 0.3) is 0 Å². The van der Waals surface area contributed by atoms with Gasteiger partial charge in [-0.05, 0) is 20.8 Å². The molecule has 1 aromatic heterocycles. The van der Waals surface area contributed by atoms with E-state index in [9.17, 15) is 9.59 Å². The van der Waals surface area contributed by atoms with Crippen LogP contribution >= 0.6 is 11.3 Å². The van der Waals surface area contributed by atoms with Crippen molar-refractivity contribution in [3.63, 3.8) is 0 Å². The Morgan fingerprint density at radius 2 is 1.91 bits per heavy atom. The fourth-order valence-electron chi connectivity index (χ4n) is 1.87. The fourth-order valence-corrected chi connectivity index (χ4v) is 2.84. The van der Waals surface area contributed by atoms with Gasteiger partial charge in [0.1, 0.15) is 5.60 Å². The third-order valence-corrected chi connectivity index (χ3v) is 3.64. The average molecular weight is 334 g/mol. The number of carboxylic acids is 1. The van der Waals surface area contributed by atoms with Crippen LogP contribution in [0.4, 0.5) is 9.93 Å². The van der Waals surface area contributed by atoms with Crippen LogP contribution in [0.3, 0.4) is 0 Å². The van der Waals surface area contributed by atoms with Crippen LogP contribution in [0.1, 0.15) is 25.6 Å². The molecular weight excluding hydrogens is 316 g/mol. The standard InChI is InChI=1S/C16H18N2O4S/c1-16(2,3)22-15(21)18-14-17-13(10-7-5-4-6-8-10)11(23-14)9-12(19)20/h4-8H,9H2,1-3H3,(H,19,20)(H,17,18,21). The summed E-state index contributed by atoms with van der Waals surface area (Å²) in [6.45, 7) is 5.29. The van der Waals surface area contributed by atoms with Crippen molar-refractivity contribution in [3.05, 3.63) is 35.2 Å². The minimum Gasteiger partial charge on any atom is -0.481 e. The first-order valence-corrected chi connectivity index (χ1v) is 7.83. The molecule has 6 nitrogen and oxygen atoms in total. The van der Waals surface area contributed by atoms with E-state index in [1.807, 2.05) is 30.3 Å². The summed E-state index contributed by atoms with van der Waals surface area (Å²) >= 11 is 1.13. The summed E-state index contributed by atoms with van der Waals surface area (Å²) in [5.41, 5.74) is 0.745. The number of nitrogens with one attached hydrogen (secondary N) is 1. The number of nitrogens with zero attached hydrogens (tertiary/aromatic N) is 1. The number of hydrogen-bond acceptors (Lipinski definition) is 5. The molecule has 1 amide bonds. The van der Waals surface area contributed by atoms with Crippen molar-refractivity contribution in [3.8, 4) is 11.3 Å². The van der Waals surface area contributed by atoms with Gasteiger partial charge >= 0.3 is 12.1 Å². The molecule has 122 valence electrons. The van der Waals surface area contributed by atoms with Gasteiger partial charge in [-0.3, -0.25) is 10.1 Å². The van der Waals surface area contributed by atoms with Crippen LogP contribution in [0.15, 0.2) is 30.3 Å². The second kappa shape index (κ2) is 6.78. The van der Waals surface area contributed by atoms with Gasteiger partial charge in [-0.15, -0.1) is 11.3 Å². The number of hydrogen-bond donors (Lipinski definition) is 2. The zero-order valence-corrected chi connectivity index (χ0v) is 13.9. The zero-order valence-electron chi connectivity index (χ0n) is 13.1. The van der Waals surface area contributed by atoms with Crippen molar-refractivity contribution in [2.45, 2.75) is 32.8 Å². The second-order valence-electron chi connectivity index (χ2n) is 5.85. The van der Waals surface area contributed by atoms with E-state index < -0.39 is 17.7 Å². The zero-order chi connectivity index (χ0) is 17.0. The summed E-state index contributed by atoms with van der Waals surface area (Å²) in [6, 6.07) is 9.25. The lowest BCUT2D eigenvalue weighted by Crippen LogP contribution is -2.27. The Bertz CT molecular complexity index is 705.